The summed E-state index contributed by atoms with van der Waals surface area (Å²) in [7, 11) is 0. The van der Waals surface area contributed by atoms with E-state index in [0.717, 1.165) is 19.6 Å². The number of amides is 1. The fourth-order valence-corrected chi connectivity index (χ4v) is 3.48. The van der Waals surface area contributed by atoms with Crippen LogP contribution in [0.3, 0.4) is 0 Å². The number of rotatable bonds is 7. The van der Waals surface area contributed by atoms with E-state index in [0.29, 0.717) is 54.0 Å². The molecular weight excluding hydrogens is 406 g/mol. The third kappa shape index (κ3) is 5.49. The van der Waals surface area contributed by atoms with Crippen LogP contribution >= 0.6 is 11.6 Å². The Morgan fingerprint density at radius 1 is 1.10 bits per heavy atom. The Balaban J connectivity index is 1.48. The first-order chi connectivity index (χ1) is 14.5. The Hall–Kier alpha value is -2.64. The highest BCUT2D eigenvalue weighted by Gasteiger charge is 2.24. The maximum atomic E-state index is 12.8. The minimum absolute atomic E-state index is 0.125. The summed E-state index contributed by atoms with van der Waals surface area (Å²) in [4.78, 5) is 33.1. The quantitative estimate of drug-likeness (QED) is 0.627. The molecule has 1 amide bonds. The molecule has 8 heteroatoms. The molecule has 160 valence electrons. The number of aromatic nitrogens is 1. The van der Waals surface area contributed by atoms with Crippen LogP contribution in [0.5, 0.6) is 5.75 Å². The van der Waals surface area contributed by atoms with Gasteiger partial charge in [0.25, 0.3) is 5.91 Å². The summed E-state index contributed by atoms with van der Waals surface area (Å²) in [6, 6.07) is 10.6. The Morgan fingerprint density at radius 2 is 1.83 bits per heavy atom. The number of halogens is 1. The van der Waals surface area contributed by atoms with Crippen molar-refractivity contribution < 1.29 is 19.1 Å². The second-order valence-corrected chi connectivity index (χ2v) is 7.37. The van der Waals surface area contributed by atoms with Gasteiger partial charge in [-0.05, 0) is 38.1 Å². The molecule has 0 N–H and O–H groups in total. The molecule has 1 aromatic heterocycles. The number of carbonyl (C=O) groups is 2. The van der Waals surface area contributed by atoms with Gasteiger partial charge < -0.3 is 14.4 Å². The second kappa shape index (κ2) is 10.4. The summed E-state index contributed by atoms with van der Waals surface area (Å²) in [5.41, 5.74) is 1.22. The van der Waals surface area contributed by atoms with Gasteiger partial charge in [-0.25, -0.2) is 9.78 Å². The van der Waals surface area contributed by atoms with Gasteiger partial charge in [-0.15, -0.1) is 0 Å². The van der Waals surface area contributed by atoms with Crippen LogP contribution in [0, 0.1) is 6.92 Å². The van der Waals surface area contributed by atoms with Crippen molar-refractivity contribution in [1.29, 1.82) is 0 Å². The summed E-state index contributed by atoms with van der Waals surface area (Å²) < 4.78 is 10.7. The van der Waals surface area contributed by atoms with Gasteiger partial charge in [0, 0.05) is 32.7 Å². The Bertz CT molecular complexity index is 898. The highest BCUT2D eigenvalue weighted by molar-refractivity contribution is 6.32. The molecule has 0 bridgehead atoms. The van der Waals surface area contributed by atoms with Gasteiger partial charge in [-0.2, -0.15) is 0 Å². The zero-order chi connectivity index (χ0) is 21.5. The lowest BCUT2D eigenvalue weighted by molar-refractivity contribution is 0.0522. The van der Waals surface area contributed by atoms with Crippen LogP contribution in [0.25, 0.3) is 0 Å². The van der Waals surface area contributed by atoms with Gasteiger partial charge in [-0.3, -0.25) is 9.69 Å². The third-order valence-corrected chi connectivity index (χ3v) is 5.27. The highest BCUT2D eigenvalue weighted by atomic mass is 35.5. The SMILES string of the molecule is CCOC(=O)c1ccc(C(=O)N2CCN(CCOc3ccccc3Cl)CC2)nc1C. The molecule has 1 aliphatic heterocycles. The van der Waals surface area contributed by atoms with Crippen LogP contribution in [-0.4, -0.2) is 72.6 Å². The minimum Gasteiger partial charge on any atom is -0.491 e. The second-order valence-electron chi connectivity index (χ2n) is 6.96. The predicted molar refractivity (Wildman–Crippen MR) is 114 cm³/mol. The van der Waals surface area contributed by atoms with Crippen LogP contribution in [0.4, 0.5) is 0 Å². The van der Waals surface area contributed by atoms with Gasteiger partial charge in [0.05, 0.1) is 22.9 Å². The van der Waals surface area contributed by atoms with Crippen LogP contribution < -0.4 is 4.74 Å². The standard InChI is InChI=1S/C22H26ClN3O4/c1-3-29-22(28)17-8-9-19(24-16(17)2)21(27)26-12-10-25(11-13-26)14-15-30-20-7-5-4-6-18(20)23/h4-9H,3,10-15H2,1-2H3. The van der Waals surface area contributed by atoms with Crippen molar-refractivity contribution in [3.63, 3.8) is 0 Å². The summed E-state index contributed by atoms with van der Waals surface area (Å²) in [5, 5.41) is 0.602. The van der Waals surface area contributed by atoms with E-state index < -0.39 is 5.97 Å². The first-order valence-electron chi connectivity index (χ1n) is 10.0. The molecule has 0 spiro atoms. The molecule has 0 aliphatic carbocycles. The first kappa shape index (κ1) is 22.1. The highest BCUT2D eigenvalue weighted by Crippen LogP contribution is 2.23. The number of benzene rings is 1. The van der Waals surface area contributed by atoms with E-state index >= 15 is 0 Å². The maximum absolute atomic E-state index is 12.8. The zero-order valence-electron chi connectivity index (χ0n) is 17.3. The summed E-state index contributed by atoms with van der Waals surface area (Å²) in [6.45, 7) is 7.81. The average Bonchev–Trinajstić information content (AvgIpc) is 2.75. The number of hydrogen-bond acceptors (Lipinski definition) is 6. The molecule has 1 aliphatic rings. The van der Waals surface area contributed by atoms with E-state index in [4.69, 9.17) is 21.1 Å². The Labute approximate surface area is 181 Å². The molecule has 1 aromatic carbocycles. The van der Waals surface area contributed by atoms with Crippen molar-refractivity contribution >= 4 is 23.5 Å². The largest absolute Gasteiger partial charge is 0.491 e. The van der Waals surface area contributed by atoms with Crippen molar-refractivity contribution in [1.82, 2.24) is 14.8 Å². The number of aryl methyl sites for hydroxylation is 1. The fraction of sp³-hybridized carbons (Fsp3) is 0.409. The van der Waals surface area contributed by atoms with E-state index in [1.54, 1.807) is 36.9 Å². The molecule has 3 rings (SSSR count). The van der Waals surface area contributed by atoms with Crippen molar-refractivity contribution in [3.8, 4) is 5.75 Å². The Kier molecular flexibility index (Phi) is 7.65. The maximum Gasteiger partial charge on any atom is 0.339 e. The number of hydrogen-bond donors (Lipinski definition) is 0. The van der Waals surface area contributed by atoms with E-state index in [2.05, 4.69) is 9.88 Å². The lowest BCUT2D eigenvalue weighted by Gasteiger charge is -2.34. The first-order valence-corrected chi connectivity index (χ1v) is 10.4. The van der Waals surface area contributed by atoms with Crippen molar-refractivity contribution in [3.05, 3.63) is 58.4 Å². The number of ether oxygens (including phenoxy) is 2. The van der Waals surface area contributed by atoms with Crippen LogP contribution in [-0.2, 0) is 4.74 Å². The number of pyridine rings is 1. The van der Waals surface area contributed by atoms with Gasteiger partial charge in [0.15, 0.2) is 0 Å². The number of piperazine rings is 1. The number of esters is 1. The average molecular weight is 432 g/mol. The van der Waals surface area contributed by atoms with Gasteiger partial charge in [0.1, 0.15) is 18.1 Å². The molecule has 0 saturated carbocycles. The molecule has 2 heterocycles. The normalized spacial score (nSPS) is 14.4. The third-order valence-electron chi connectivity index (χ3n) is 4.96. The Morgan fingerprint density at radius 3 is 2.50 bits per heavy atom. The van der Waals surface area contributed by atoms with Crippen molar-refractivity contribution in [2.75, 3.05) is 45.9 Å². The predicted octanol–water partition coefficient (Wildman–Crippen LogP) is 3.06. The van der Waals surface area contributed by atoms with E-state index in [9.17, 15) is 9.59 Å². The lowest BCUT2D eigenvalue weighted by Crippen LogP contribution is -2.49. The number of nitrogens with zero attached hydrogens (tertiary/aromatic N) is 3. The van der Waals surface area contributed by atoms with Crippen molar-refractivity contribution in [2.45, 2.75) is 13.8 Å². The molecule has 0 unspecified atom stereocenters. The molecule has 0 atom stereocenters. The smallest absolute Gasteiger partial charge is 0.339 e. The molecule has 1 fully saturated rings. The molecule has 2 aromatic rings. The van der Waals surface area contributed by atoms with Gasteiger partial charge >= 0.3 is 5.97 Å². The van der Waals surface area contributed by atoms with Gasteiger partial charge in [0.2, 0.25) is 0 Å². The lowest BCUT2D eigenvalue weighted by atomic mass is 10.1. The van der Waals surface area contributed by atoms with Gasteiger partial charge in [-0.1, -0.05) is 23.7 Å². The van der Waals surface area contributed by atoms with E-state index in [1.165, 1.54) is 0 Å². The van der Waals surface area contributed by atoms with Crippen LogP contribution in [0.1, 0.15) is 33.5 Å². The van der Waals surface area contributed by atoms with Crippen LogP contribution in [0.15, 0.2) is 36.4 Å². The molecule has 0 radical (unpaired) electrons. The summed E-state index contributed by atoms with van der Waals surface area (Å²) >= 11 is 6.10. The van der Waals surface area contributed by atoms with Crippen LogP contribution in [0.2, 0.25) is 5.02 Å². The van der Waals surface area contributed by atoms with E-state index in [1.807, 2.05) is 18.2 Å². The number of para-hydroxylation sites is 1. The molecule has 1 saturated heterocycles. The minimum atomic E-state index is -0.422. The molecule has 7 nitrogen and oxygen atoms in total. The summed E-state index contributed by atoms with van der Waals surface area (Å²) in [5.74, 6) is 0.135. The topological polar surface area (TPSA) is 72.0 Å². The zero-order valence-corrected chi connectivity index (χ0v) is 18.0. The summed E-state index contributed by atoms with van der Waals surface area (Å²) in [6.07, 6.45) is 0. The van der Waals surface area contributed by atoms with E-state index in [-0.39, 0.29) is 5.91 Å². The van der Waals surface area contributed by atoms with Crippen molar-refractivity contribution in [2.24, 2.45) is 0 Å². The monoisotopic (exact) mass is 431 g/mol. The molecular formula is C22H26ClN3O4. The fourth-order valence-electron chi connectivity index (χ4n) is 3.29. The molecule has 30 heavy (non-hydrogen) atoms. The number of carbonyl (C=O) groups excluding carboxylic acids is 2.